The quantitative estimate of drug-likeness (QED) is 0.535. The number of hydrogen-bond acceptors (Lipinski definition) is 4. The van der Waals surface area contributed by atoms with E-state index in [1.54, 1.807) is 18.2 Å². The van der Waals surface area contributed by atoms with Crippen LogP contribution in [0, 0.1) is 0 Å². The molecule has 5 nitrogen and oxygen atoms in total. The highest BCUT2D eigenvalue weighted by Gasteiger charge is 2.24. The van der Waals surface area contributed by atoms with Crippen LogP contribution >= 0.6 is 0 Å². The van der Waals surface area contributed by atoms with Crippen LogP contribution in [0.3, 0.4) is 0 Å². The lowest BCUT2D eigenvalue weighted by Gasteiger charge is -2.22. The number of carbonyl (C=O) groups is 2. The van der Waals surface area contributed by atoms with Gasteiger partial charge in [0, 0.05) is 41.6 Å². The summed E-state index contributed by atoms with van der Waals surface area (Å²) in [5.41, 5.74) is 4.00. The molecule has 1 amide bonds. The summed E-state index contributed by atoms with van der Waals surface area (Å²) < 4.78 is 0. The number of nitrogens with zero attached hydrogens (tertiary/aromatic N) is 2. The Balaban J connectivity index is 1.40. The lowest BCUT2D eigenvalue weighted by Crippen LogP contribution is -2.31. The Morgan fingerprint density at radius 1 is 0.939 bits per heavy atom. The van der Waals surface area contributed by atoms with Gasteiger partial charge in [0.05, 0.1) is 5.92 Å². The average Bonchev–Trinajstić information content (AvgIpc) is 3.35. The normalized spacial score (nSPS) is 16.6. The van der Waals surface area contributed by atoms with Crippen molar-refractivity contribution in [3.8, 4) is 0 Å². The Hall–Kier alpha value is -3.44. The highest BCUT2D eigenvalue weighted by atomic mass is 16.2. The van der Waals surface area contributed by atoms with Crippen molar-refractivity contribution in [2.75, 3.05) is 37.4 Å². The van der Waals surface area contributed by atoms with Crippen LogP contribution in [-0.2, 0) is 4.79 Å². The van der Waals surface area contributed by atoms with Gasteiger partial charge < -0.3 is 15.1 Å². The first-order valence-corrected chi connectivity index (χ1v) is 11.4. The molecule has 0 aromatic heterocycles. The van der Waals surface area contributed by atoms with Gasteiger partial charge in [-0.2, -0.15) is 0 Å². The lowest BCUT2D eigenvalue weighted by atomic mass is 9.95. The highest BCUT2D eigenvalue weighted by molar-refractivity contribution is 6.09. The van der Waals surface area contributed by atoms with E-state index in [0.29, 0.717) is 17.2 Å². The Bertz CT molecular complexity index is 1110. The summed E-state index contributed by atoms with van der Waals surface area (Å²) in [6, 6.07) is 25.2. The summed E-state index contributed by atoms with van der Waals surface area (Å²) in [4.78, 5) is 30.3. The predicted molar refractivity (Wildman–Crippen MR) is 134 cm³/mol. The van der Waals surface area contributed by atoms with Gasteiger partial charge in [0.1, 0.15) is 0 Å². The summed E-state index contributed by atoms with van der Waals surface area (Å²) in [5, 5.41) is 3.01. The molecule has 3 aromatic carbocycles. The van der Waals surface area contributed by atoms with E-state index < -0.39 is 0 Å². The largest absolute Gasteiger partial charge is 0.370 e. The molecular formula is C28H31N3O2. The van der Waals surface area contributed by atoms with Crippen molar-refractivity contribution in [1.82, 2.24) is 4.90 Å². The maximum atomic E-state index is 12.9. The third-order valence-electron chi connectivity index (χ3n) is 6.47. The second-order valence-electron chi connectivity index (χ2n) is 8.93. The van der Waals surface area contributed by atoms with Gasteiger partial charge in [-0.3, -0.25) is 9.59 Å². The standard InChI is InChI=1S/C28H31N3O2/c1-20(22-10-7-11-23(18-22)27(32)21-8-5-4-6-9-21)28(33)29-24-12-14-25(15-13-24)31-17-16-26(19-31)30(2)3/h4-15,18,20,26H,16-17,19H2,1-3H3,(H,29,33). The number of hydrogen-bond donors (Lipinski definition) is 1. The molecule has 1 heterocycles. The summed E-state index contributed by atoms with van der Waals surface area (Å²) in [5.74, 6) is -0.521. The van der Waals surface area contributed by atoms with Crippen molar-refractivity contribution < 1.29 is 9.59 Å². The fraction of sp³-hybridized carbons (Fsp3) is 0.286. The van der Waals surface area contributed by atoms with E-state index in [9.17, 15) is 9.59 Å². The zero-order valence-electron chi connectivity index (χ0n) is 19.5. The second-order valence-corrected chi connectivity index (χ2v) is 8.93. The van der Waals surface area contributed by atoms with Gasteiger partial charge in [0.25, 0.3) is 0 Å². The number of anilines is 2. The molecule has 0 bridgehead atoms. The van der Waals surface area contributed by atoms with Crippen molar-refractivity contribution in [2.24, 2.45) is 0 Å². The molecule has 3 aromatic rings. The zero-order valence-corrected chi connectivity index (χ0v) is 19.5. The maximum absolute atomic E-state index is 12.9. The van der Waals surface area contributed by atoms with Gasteiger partial charge in [-0.1, -0.05) is 48.5 Å². The van der Waals surface area contributed by atoms with Crippen molar-refractivity contribution in [3.63, 3.8) is 0 Å². The van der Waals surface area contributed by atoms with Crippen molar-refractivity contribution in [1.29, 1.82) is 0 Å². The van der Waals surface area contributed by atoms with Crippen LogP contribution in [0.25, 0.3) is 0 Å². The van der Waals surface area contributed by atoms with Crippen molar-refractivity contribution in [2.45, 2.75) is 25.3 Å². The first kappa shape index (κ1) is 22.7. The van der Waals surface area contributed by atoms with Gasteiger partial charge in [-0.25, -0.2) is 0 Å². The molecule has 1 aliphatic rings. The number of rotatable bonds is 7. The van der Waals surface area contributed by atoms with Gasteiger partial charge in [-0.05, 0) is 63.3 Å². The van der Waals surface area contributed by atoms with Crippen LogP contribution in [0.15, 0.2) is 78.9 Å². The molecule has 4 rings (SSSR count). The van der Waals surface area contributed by atoms with Gasteiger partial charge in [0.2, 0.25) is 5.91 Å². The Morgan fingerprint density at radius 2 is 1.64 bits per heavy atom. The minimum absolute atomic E-state index is 0.0425. The molecule has 0 radical (unpaired) electrons. The van der Waals surface area contributed by atoms with Crippen molar-refractivity contribution >= 4 is 23.1 Å². The molecular weight excluding hydrogens is 410 g/mol. The first-order chi connectivity index (χ1) is 15.9. The van der Waals surface area contributed by atoms with Gasteiger partial charge >= 0.3 is 0 Å². The van der Waals surface area contributed by atoms with Crippen LogP contribution in [0.2, 0.25) is 0 Å². The van der Waals surface area contributed by atoms with Crippen LogP contribution < -0.4 is 10.2 Å². The molecule has 2 atom stereocenters. The minimum atomic E-state index is -0.382. The van der Waals surface area contributed by atoms with E-state index >= 15 is 0 Å². The molecule has 33 heavy (non-hydrogen) atoms. The number of likely N-dealkylation sites (N-methyl/N-ethyl adjacent to an activating group) is 1. The summed E-state index contributed by atoms with van der Waals surface area (Å²) in [6.45, 7) is 3.93. The predicted octanol–water partition coefficient (Wildman–Crippen LogP) is 4.80. The Morgan fingerprint density at radius 3 is 2.30 bits per heavy atom. The number of nitrogens with one attached hydrogen (secondary N) is 1. The fourth-order valence-corrected chi connectivity index (χ4v) is 4.26. The molecule has 1 saturated heterocycles. The Kier molecular flexibility index (Phi) is 6.90. The maximum Gasteiger partial charge on any atom is 0.231 e. The van der Waals surface area contributed by atoms with Crippen LogP contribution in [-0.4, -0.2) is 49.8 Å². The first-order valence-electron chi connectivity index (χ1n) is 11.4. The zero-order chi connectivity index (χ0) is 23.4. The third kappa shape index (κ3) is 5.32. The average molecular weight is 442 g/mol. The number of amides is 1. The second kappa shape index (κ2) is 10.0. The van der Waals surface area contributed by atoms with Gasteiger partial charge in [0.15, 0.2) is 5.78 Å². The lowest BCUT2D eigenvalue weighted by molar-refractivity contribution is -0.117. The number of ketones is 1. The molecule has 0 aliphatic carbocycles. The van der Waals surface area contributed by atoms with E-state index in [-0.39, 0.29) is 17.6 Å². The van der Waals surface area contributed by atoms with E-state index in [4.69, 9.17) is 0 Å². The summed E-state index contributed by atoms with van der Waals surface area (Å²) in [7, 11) is 4.25. The van der Waals surface area contributed by atoms with Crippen LogP contribution in [0.4, 0.5) is 11.4 Å². The smallest absolute Gasteiger partial charge is 0.231 e. The molecule has 0 saturated carbocycles. The molecule has 5 heteroatoms. The topological polar surface area (TPSA) is 52.7 Å². The molecule has 0 spiro atoms. The van der Waals surface area contributed by atoms with Crippen LogP contribution in [0.1, 0.15) is 40.7 Å². The molecule has 1 N–H and O–H groups in total. The van der Waals surface area contributed by atoms with Crippen LogP contribution in [0.5, 0.6) is 0 Å². The monoisotopic (exact) mass is 441 g/mol. The fourth-order valence-electron chi connectivity index (χ4n) is 4.26. The van der Waals surface area contributed by atoms with E-state index in [2.05, 4.69) is 41.3 Å². The molecule has 170 valence electrons. The van der Waals surface area contributed by atoms with Gasteiger partial charge in [-0.15, -0.1) is 0 Å². The Labute approximate surface area is 196 Å². The summed E-state index contributed by atoms with van der Waals surface area (Å²) >= 11 is 0. The van der Waals surface area contributed by atoms with Crippen molar-refractivity contribution in [3.05, 3.63) is 95.6 Å². The molecule has 1 aliphatic heterocycles. The number of carbonyl (C=O) groups excluding carboxylic acids is 2. The highest BCUT2D eigenvalue weighted by Crippen LogP contribution is 2.25. The minimum Gasteiger partial charge on any atom is -0.370 e. The van der Waals surface area contributed by atoms with E-state index in [1.165, 1.54) is 5.69 Å². The SMILES string of the molecule is CC(C(=O)Nc1ccc(N2CCC(N(C)C)C2)cc1)c1cccc(C(=O)c2ccccc2)c1. The van der Waals surface area contributed by atoms with E-state index in [1.807, 2.05) is 55.5 Å². The molecule has 1 fully saturated rings. The summed E-state index contributed by atoms with van der Waals surface area (Å²) in [6.07, 6.45) is 1.16. The molecule has 2 unspecified atom stereocenters. The van der Waals surface area contributed by atoms with E-state index in [0.717, 1.165) is 30.8 Å². The number of benzene rings is 3. The third-order valence-corrected chi connectivity index (χ3v) is 6.47.